The van der Waals surface area contributed by atoms with E-state index in [-0.39, 0.29) is 17.9 Å². The zero-order valence-electron chi connectivity index (χ0n) is 12.6. The van der Waals surface area contributed by atoms with Crippen molar-refractivity contribution < 1.29 is 14.7 Å². The number of carboxylic acids is 1. The summed E-state index contributed by atoms with van der Waals surface area (Å²) in [6.07, 6.45) is 8.87. The number of hydrogen-bond acceptors (Lipinski definition) is 2. The summed E-state index contributed by atoms with van der Waals surface area (Å²) in [6, 6.07) is -0.128. The molecule has 5 heteroatoms. The Morgan fingerprint density at radius 3 is 2.38 bits per heavy atom. The fourth-order valence-corrected chi connectivity index (χ4v) is 3.91. The van der Waals surface area contributed by atoms with Gasteiger partial charge in [-0.1, -0.05) is 12.8 Å². The van der Waals surface area contributed by atoms with Crippen molar-refractivity contribution in [2.24, 2.45) is 23.2 Å². The van der Waals surface area contributed by atoms with Crippen LogP contribution in [-0.2, 0) is 4.79 Å². The molecule has 0 aromatic carbocycles. The predicted molar refractivity (Wildman–Crippen MR) is 78.9 cm³/mol. The van der Waals surface area contributed by atoms with Gasteiger partial charge in [0.1, 0.15) is 0 Å². The Morgan fingerprint density at radius 1 is 1.05 bits per heavy atom. The third-order valence-corrected chi connectivity index (χ3v) is 5.69. The molecule has 0 saturated heterocycles. The van der Waals surface area contributed by atoms with E-state index in [0.717, 1.165) is 38.1 Å². The fraction of sp³-hybridized carbons (Fsp3) is 0.875. The highest BCUT2D eigenvalue weighted by atomic mass is 16.4. The van der Waals surface area contributed by atoms with E-state index < -0.39 is 5.97 Å². The van der Waals surface area contributed by atoms with Crippen molar-refractivity contribution in [1.29, 1.82) is 0 Å². The van der Waals surface area contributed by atoms with E-state index in [1.165, 1.54) is 25.7 Å². The van der Waals surface area contributed by atoms with Crippen LogP contribution in [-0.4, -0.2) is 30.2 Å². The highest BCUT2D eigenvalue weighted by Crippen LogP contribution is 2.60. The molecule has 0 aromatic heterocycles. The maximum absolute atomic E-state index is 11.9. The number of carboxylic acid groups (broad SMARTS) is 1. The van der Waals surface area contributed by atoms with Gasteiger partial charge in [0.05, 0.1) is 5.92 Å². The average molecular weight is 294 g/mol. The van der Waals surface area contributed by atoms with Gasteiger partial charge in [0, 0.05) is 13.1 Å². The molecule has 0 aliphatic heterocycles. The maximum atomic E-state index is 11.9. The van der Waals surface area contributed by atoms with Crippen LogP contribution in [0.3, 0.4) is 0 Å². The van der Waals surface area contributed by atoms with E-state index in [1.807, 2.05) is 0 Å². The Kier molecular flexibility index (Phi) is 4.09. The number of carbonyl (C=O) groups excluding carboxylic acids is 1. The first-order valence-corrected chi connectivity index (χ1v) is 8.35. The molecule has 3 N–H and O–H groups in total. The fourth-order valence-electron chi connectivity index (χ4n) is 3.91. The maximum Gasteiger partial charge on any atom is 0.314 e. The molecule has 0 radical (unpaired) electrons. The minimum atomic E-state index is -0.715. The Morgan fingerprint density at radius 2 is 1.76 bits per heavy atom. The van der Waals surface area contributed by atoms with Crippen LogP contribution >= 0.6 is 0 Å². The predicted octanol–water partition coefficient (Wildman–Crippen LogP) is 2.37. The summed E-state index contributed by atoms with van der Waals surface area (Å²) in [5.74, 6) is -0.0827. The number of carbonyl (C=O) groups is 2. The average Bonchev–Trinajstić information content (AvgIpc) is 3.36. The van der Waals surface area contributed by atoms with Crippen molar-refractivity contribution in [2.45, 2.75) is 51.4 Å². The second kappa shape index (κ2) is 5.85. The van der Waals surface area contributed by atoms with Crippen molar-refractivity contribution in [3.63, 3.8) is 0 Å². The summed E-state index contributed by atoms with van der Waals surface area (Å²) >= 11 is 0. The number of nitrogens with one attached hydrogen (secondary N) is 2. The van der Waals surface area contributed by atoms with Crippen LogP contribution in [0.1, 0.15) is 51.4 Å². The van der Waals surface area contributed by atoms with Gasteiger partial charge in [0.25, 0.3) is 0 Å². The van der Waals surface area contributed by atoms with Crippen molar-refractivity contribution >= 4 is 12.0 Å². The molecular weight excluding hydrogens is 268 g/mol. The molecule has 0 aromatic rings. The third kappa shape index (κ3) is 3.50. The van der Waals surface area contributed by atoms with E-state index in [9.17, 15) is 14.7 Å². The number of rotatable bonds is 6. The van der Waals surface area contributed by atoms with E-state index in [2.05, 4.69) is 10.6 Å². The number of urea groups is 1. The van der Waals surface area contributed by atoms with Gasteiger partial charge in [0.15, 0.2) is 0 Å². The molecule has 0 heterocycles. The van der Waals surface area contributed by atoms with Crippen LogP contribution in [0.15, 0.2) is 0 Å². The smallest absolute Gasteiger partial charge is 0.314 e. The van der Waals surface area contributed by atoms with Gasteiger partial charge in [0.2, 0.25) is 0 Å². The van der Waals surface area contributed by atoms with E-state index in [4.69, 9.17) is 0 Å². The molecule has 3 aliphatic rings. The number of amides is 2. The van der Waals surface area contributed by atoms with E-state index in [1.54, 1.807) is 0 Å². The molecule has 2 amide bonds. The van der Waals surface area contributed by atoms with Gasteiger partial charge in [-0.05, 0) is 55.8 Å². The lowest BCUT2D eigenvalue weighted by Gasteiger charge is -2.28. The lowest BCUT2D eigenvalue weighted by atomic mass is 9.79. The first-order valence-electron chi connectivity index (χ1n) is 8.35. The third-order valence-electron chi connectivity index (χ3n) is 5.69. The van der Waals surface area contributed by atoms with Gasteiger partial charge in [-0.25, -0.2) is 4.79 Å². The number of aliphatic carboxylic acids is 1. The molecule has 3 fully saturated rings. The summed E-state index contributed by atoms with van der Waals surface area (Å²) in [5.41, 5.74) is 0.409. The largest absolute Gasteiger partial charge is 0.481 e. The van der Waals surface area contributed by atoms with Crippen molar-refractivity contribution in [3.8, 4) is 0 Å². The Labute approximate surface area is 125 Å². The van der Waals surface area contributed by atoms with Crippen molar-refractivity contribution in [2.75, 3.05) is 13.1 Å². The molecule has 3 aliphatic carbocycles. The first kappa shape index (κ1) is 14.7. The van der Waals surface area contributed by atoms with Crippen molar-refractivity contribution in [3.05, 3.63) is 0 Å². The summed E-state index contributed by atoms with van der Waals surface area (Å²) < 4.78 is 0. The minimum absolute atomic E-state index is 0.0836. The molecular formula is C16H26N2O3. The highest BCUT2D eigenvalue weighted by Gasteiger charge is 2.53. The van der Waals surface area contributed by atoms with E-state index >= 15 is 0 Å². The molecule has 118 valence electrons. The molecule has 5 nitrogen and oxygen atoms in total. The summed E-state index contributed by atoms with van der Waals surface area (Å²) in [7, 11) is 0. The number of hydrogen-bond donors (Lipinski definition) is 3. The van der Waals surface area contributed by atoms with Gasteiger partial charge in [-0.2, -0.15) is 0 Å². The second-order valence-electron chi connectivity index (χ2n) is 7.19. The van der Waals surface area contributed by atoms with Crippen LogP contribution < -0.4 is 10.6 Å². The lowest BCUT2D eigenvalue weighted by molar-refractivity contribution is -0.144. The normalized spacial score (nSPS) is 30.5. The standard InChI is InChI=1S/C16H26N2O3/c19-14(20)13-4-2-1-3-11(13)9-17-15(21)18-10-16(7-8-16)12-5-6-12/h11-13H,1-10H2,(H,19,20)(H2,17,18,21). The summed E-state index contributed by atoms with van der Waals surface area (Å²) in [5, 5.41) is 15.1. The van der Waals surface area contributed by atoms with Crippen molar-refractivity contribution in [1.82, 2.24) is 10.6 Å². The van der Waals surface area contributed by atoms with Crippen LogP contribution in [0.5, 0.6) is 0 Å². The zero-order chi connectivity index (χ0) is 14.9. The molecule has 21 heavy (non-hydrogen) atoms. The van der Waals surface area contributed by atoms with Crippen LogP contribution in [0.25, 0.3) is 0 Å². The summed E-state index contributed by atoms with van der Waals surface area (Å²) in [6.45, 7) is 1.27. The van der Waals surface area contributed by atoms with Crippen LogP contribution in [0.4, 0.5) is 4.79 Å². The molecule has 2 atom stereocenters. The minimum Gasteiger partial charge on any atom is -0.481 e. The summed E-state index contributed by atoms with van der Waals surface area (Å²) in [4.78, 5) is 23.1. The quantitative estimate of drug-likeness (QED) is 0.703. The van der Waals surface area contributed by atoms with Gasteiger partial charge < -0.3 is 15.7 Å². The molecule has 2 unspecified atom stereocenters. The van der Waals surface area contributed by atoms with Gasteiger partial charge in [-0.3, -0.25) is 4.79 Å². The van der Waals surface area contributed by atoms with Crippen LogP contribution in [0, 0.1) is 23.2 Å². The zero-order valence-corrected chi connectivity index (χ0v) is 12.6. The lowest BCUT2D eigenvalue weighted by Crippen LogP contribution is -2.43. The molecule has 3 saturated carbocycles. The Balaban J connectivity index is 1.39. The monoisotopic (exact) mass is 294 g/mol. The molecule has 3 rings (SSSR count). The highest BCUT2D eigenvalue weighted by molar-refractivity contribution is 5.74. The SMILES string of the molecule is O=C(NCC1CCCCC1C(=O)O)NCC1(C2CC2)CC1. The van der Waals surface area contributed by atoms with Gasteiger partial charge >= 0.3 is 12.0 Å². The topological polar surface area (TPSA) is 78.4 Å². The first-order chi connectivity index (χ1) is 10.1. The molecule has 0 spiro atoms. The van der Waals surface area contributed by atoms with Crippen LogP contribution in [0.2, 0.25) is 0 Å². The van der Waals surface area contributed by atoms with E-state index in [0.29, 0.717) is 12.0 Å². The van der Waals surface area contributed by atoms with Gasteiger partial charge in [-0.15, -0.1) is 0 Å². The Hall–Kier alpha value is -1.26. The molecule has 0 bridgehead atoms. The Bertz CT molecular complexity index is 416. The second-order valence-corrected chi connectivity index (χ2v) is 7.19.